The Balaban J connectivity index is 1.61. The van der Waals surface area contributed by atoms with Crippen LogP contribution in [0.4, 0.5) is 0 Å². The van der Waals surface area contributed by atoms with Crippen molar-refractivity contribution in [3.63, 3.8) is 0 Å². The second-order valence-corrected chi connectivity index (χ2v) is 6.26. The Morgan fingerprint density at radius 1 is 1.07 bits per heavy atom. The van der Waals surface area contributed by atoms with E-state index in [1.165, 1.54) is 13.3 Å². The molecule has 0 fully saturated rings. The number of rotatable bonds is 8. The number of hydrazone groups is 1. The van der Waals surface area contributed by atoms with E-state index in [2.05, 4.69) is 10.5 Å². The van der Waals surface area contributed by atoms with E-state index in [1.54, 1.807) is 43.3 Å². The molecule has 1 heterocycles. The molecule has 1 amide bonds. The van der Waals surface area contributed by atoms with Gasteiger partial charge in [-0.1, -0.05) is 42.5 Å². The molecule has 0 aliphatic heterocycles. The van der Waals surface area contributed by atoms with Gasteiger partial charge in [0.2, 0.25) is 0 Å². The number of nitrogens with zero attached hydrogens (tertiary/aromatic N) is 1. The van der Waals surface area contributed by atoms with Crippen molar-refractivity contribution in [2.75, 3.05) is 13.7 Å². The van der Waals surface area contributed by atoms with E-state index in [9.17, 15) is 9.59 Å². The lowest BCUT2D eigenvalue weighted by atomic mass is 10.1. The van der Waals surface area contributed by atoms with Crippen LogP contribution in [-0.4, -0.2) is 31.8 Å². The largest absolute Gasteiger partial charge is 0.462 e. The number of amides is 1. The number of benzene rings is 2. The zero-order valence-corrected chi connectivity index (χ0v) is 16.7. The summed E-state index contributed by atoms with van der Waals surface area (Å²) in [5.41, 5.74) is 4.47. The average molecular weight is 406 g/mol. The molecule has 0 spiro atoms. The van der Waals surface area contributed by atoms with E-state index in [4.69, 9.17) is 13.9 Å². The molecule has 2 aromatic carbocycles. The van der Waals surface area contributed by atoms with Gasteiger partial charge in [0.05, 0.1) is 18.4 Å². The van der Waals surface area contributed by atoms with Gasteiger partial charge in [-0.2, -0.15) is 5.10 Å². The molecule has 30 heavy (non-hydrogen) atoms. The maximum atomic E-state index is 12.3. The van der Waals surface area contributed by atoms with Crippen molar-refractivity contribution in [1.82, 2.24) is 5.43 Å². The minimum Gasteiger partial charge on any atom is -0.462 e. The van der Waals surface area contributed by atoms with Crippen LogP contribution in [0.15, 0.2) is 76.2 Å². The van der Waals surface area contributed by atoms with Crippen molar-refractivity contribution in [3.8, 4) is 11.3 Å². The molecule has 1 N–H and O–H groups in total. The van der Waals surface area contributed by atoms with E-state index in [0.29, 0.717) is 23.7 Å². The number of nitrogens with one attached hydrogen (secondary N) is 1. The van der Waals surface area contributed by atoms with Crippen molar-refractivity contribution in [1.29, 1.82) is 0 Å². The summed E-state index contributed by atoms with van der Waals surface area (Å²) in [5.74, 6) is 0.323. The Morgan fingerprint density at radius 3 is 2.47 bits per heavy atom. The Kier molecular flexibility index (Phi) is 7.13. The number of ether oxygens (including phenoxy) is 2. The maximum absolute atomic E-state index is 12.3. The normalized spacial score (nSPS) is 11.9. The molecule has 0 saturated carbocycles. The lowest BCUT2D eigenvalue weighted by Gasteiger charge is -2.13. The van der Waals surface area contributed by atoms with Crippen molar-refractivity contribution in [2.45, 2.75) is 13.0 Å². The van der Waals surface area contributed by atoms with Gasteiger partial charge in [-0.15, -0.1) is 0 Å². The fourth-order valence-electron chi connectivity index (χ4n) is 2.80. The zero-order chi connectivity index (χ0) is 21.3. The first-order valence-electron chi connectivity index (χ1n) is 9.40. The predicted molar refractivity (Wildman–Crippen MR) is 112 cm³/mol. The van der Waals surface area contributed by atoms with Gasteiger partial charge < -0.3 is 13.9 Å². The lowest BCUT2D eigenvalue weighted by molar-refractivity contribution is -0.131. The summed E-state index contributed by atoms with van der Waals surface area (Å²) in [6.07, 6.45) is 0.653. The second-order valence-electron chi connectivity index (χ2n) is 6.26. The smallest absolute Gasteiger partial charge is 0.338 e. The van der Waals surface area contributed by atoms with Gasteiger partial charge in [0.25, 0.3) is 5.91 Å². The molecule has 1 unspecified atom stereocenters. The van der Waals surface area contributed by atoms with E-state index in [1.807, 2.05) is 30.3 Å². The highest BCUT2D eigenvalue weighted by molar-refractivity contribution is 5.90. The van der Waals surface area contributed by atoms with E-state index < -0.39 is 6.10 Å². The Labute approximate surface area is 174 Å². The summed E-state index contributed by atoms with van der Waals surface area (Å²) in [7, 11) is 1.47. The van der Waals surface area contributed by atoms with Crippen LogP contribution in [0.1, 0.15) is 34.7 Å². The first-order valence-corrected chi connectivity index (χ1v) is 9.40. The Hall–Kier alpha value is -3.71. The van der Waals surface area contributed by atoms with E-state index in [-0.39, 0.29) is 11.9 Å². The van der Waals surface area contributed by atoms with Gasteiger partial charge in [0.1, 0.15) is 11.5 Å². The van der Waals surface area contributed by atoms with Crippen molar-refractivity contribution >= 4 is 18.1 Å². The summed E-state index contributed by atoms with van der Waals surface area (Å²) in [4.78, 5) is 24.0. The minimum absolute atomic E-state index is 0.328. The fraction of sp³-hybridized carbons (Fsp3) is 0.174. The van der Waals surface area contributed by atoms with Crippen LogP contribution in [-0.2, 0) is 14.3 Å². The van der Waals surface area contributed by atoms with E-state index >= 15 is 0 Å². The third kappa shape index (κ3) is 5.21. The minimum atomic E-state index is -0.756. The molecule has 3 aromatic rings. The first kappa shape index (κ1) is 21.0. The lowest BCUT2D eigenvalue weighted by Crippen LogP contribution is -2.26. The number of hydrogen-bond acceptors (Lipinski definition) is 6. The molecule has 1 aromatic heterocycles. The van der Waals surface area contributed by atoms with Crippen LogP contribution in [0, 0.1) is 0 Å². The number of esters is 1. The number of hydrogen-bond donors (Lipinski definition) is 1. The fourth-order valence-corrected chi connectivity index (χ4v) is 2.80. The summed E-state index contributed by atoms with van der Waals surface area (Å²) < 4.78 is 16.0. The van der Waals surface area contributed by atoms with E-state index in [0.717, 1.165) is 11.1 Å². The number of furan rings is 1. The highest BCUT2D eigenvalue weighted by Crippen LogP contribution is 2.22. The summed E-state index contributed by atoms with van der Waals surface area (Å²) in [6.45, 7) is 2.09. The van der Waals surface area contributed by atoms with Gasteiger partial charge >= 0.3 is 5.97 Å². The molecule has 154 valence electrons. The van der Waals surface area contributed by atoms with Gasteiger partial charge in [-0.25, -0.2) is 10.2 Å². The van der Waals surface area contributed by atoms with Crippen LogP contribution in [0.5, 0.6) is 0 Å². The van der Waals surface area contributed by atoms with Crippen LogP contribution in [0.2, 0.25) is 0 Å². The van der Waals surface area contributed by atoms with Crippen LogP contribution in [0.3, 0.4) is 0 Å². The molecule has 0 bridgehead atoms. The van der Waals surface area contributed by atoms with Gasteiger partial charge in [-0.05, 0) is 36.8 Å². The molecule has 0 radical (unpaired) electrons. The van der Waals surface area contributed by atoms with Crippen LogP contribution in [0.25, 0.3) is 11.3 Å². The van der Waals surface area contributed by atoms with Crippen molar-refractivity contribution in [3.05, 3.63) is 83.6 Å². The Bertz CT molecular complexity index is 1010. The summed E-state index contributed by atoms with van der Waals surface area (Å²) >= 11 is 0. The molecule has 0 saturated heterocycles. The summed E-state index contributed by atoms with van der Waals surface area (Å²) in [6, 6.07) is 19.6. The highest BCUT2D eigenvalue weighted by atomic mass is 16.5. The Morgan fingerprint density at radius 2 is 1.80 bits per heavy atom. The molecule has 7 nitrogen and oxygen atoms in total. The molecule has 0 aliphatic carbocycles. The van der Waals surface area contributed by atoms with Crippen molar-refractivity contribution in [2.24, 2.45) is 5.10 Å². The monoisotopic (exact) mass is 406 g/mol. The topological polar surface area (TPSA) is 90.1 Å². The van der Waals surface area contributed by atoms with Crippen LogP contribution >= 0.6 is 0 Å². The van der Waals surface area contributed by atoms with Gasteiger partial charge in [0, 0.05) is 12.7 Å². The third-order valence-electron chi connectivity index (χ3n) is 4.25. The second kappa shape index (κ2) is 10.2. The first-order chi connectivity index (χ1) is 14.6. The highest BCUT2D eigenvalue weighted by Gasteiger charge is 2.19. The van der Waals surface area contributed by atoms with Crippen LogP contribution < -0.4 is 5.43 Å². The standard InChI is InChI=1S/C23H22N2O5/c1-3-29-23(27)18-11-9-16(10-12-18)20-14-13-19(30-20)15-24-25-22(26)21(28-2)17-7-5-4-6-8-17/h4-15,21H,3H2,1-2H3,(H,25,26)/b24-15+. The number of carbonyl (C=O) groups excluding carboxylic acids is 2. The number of carbonyl (C=O) groups is 2. The molecule has 1 atom stereocenters. The number of methoxy groups -OCH3 is 1. The zero-order valence-electron chi connectivity index (χ0n) is 16.7. The quantitative estimate of drug-likeness (QED) is 0.347. The molecular weight excluding hydrogens is 384 g/mol. The molecular formula is C23H22N2O5. The average Bonchev–Trinajstić information content (AvgIpc) is 3.24. The predicted octanol–water partition coefficient (Wildman–Crippen LogP) is 3.96. The molecule has 7 heteroatoms. The van der Waals surface area contributed by atoms with Gasteiger partial charge in [-0.3, -0.25) is 4.79 Å². The third-order valence-corrected chi connectivity index (χ3v) is 4.25. The molecule has 3 rings (SSSR count). The maximum Gasteiger partial charge on any atom is 0.338 e. The van der Waals surface area contributed by atoms with Crippen molar-refractivity contribution < 1.29 is 23.5 Å². The molecule has 0 aliphatic rings. The van der Waals surface area contributed by atoms with Gasteiger partial charge in [0.15, 0.2) is 6.10 Å². The summed E-state index contributed by atoms with van der Waals surface area (Å²) in [5, 5.41) is 3.94. The SMILES string of the molecule is CCOC(=O)c1ccc(-c2ccc(/C=N/NC(=O)C(OC)c3ccccc3)o2)cc1.